The van der Waals surface area contributed by atoms with E-state index in [0.29, 0.717) is 6.04 Å². The number of ether oxygens (including phenoxy) is 1. The number of hydrogen-bond donors (Lipinski definition) is 1. The van der Waals surface area contributed by atoms with Crippen LogP contribution in [0.2, 0.25) is 0 Å². The molecule has 0 bridgehead atoms. The summed E-state index contributed by atoms with van der Waals surface area (Å²) < 4.78 is 5.56. The third-order valence-corrected chi connectivity index (χ3v) is 3.65. The van der Waals surface area contributed by atoms with Gasteiger partial charge in [0.05, 0.1) is 6.10 Å². The van der Waals surface area contributed by atoms with Crippen LogP contribution in [0.3, 0.4) is 0 Å². The van der Waals surface area contributed by atoms with Crippen LogP contribution in [0, 0.1) is 0 Å². The molecule has 2 rings (SSSR count). The van der Waals surface area contributed by atoms with Gasteiger partial charge in [0.25, 0.3) is 0 Å². The topological polar surface area (TPSA) is 21.3 Å². The summed E-state index contributed by atoms with van der Waals surface area (Å²) in [4.78, 5) is 0. The molecule has 1 N–H and O–H groups in total. The van der Waals surface area contributed by atoms with Crippen molar-refractivity contribution in [1.82, 2.24) is 5.32 Å². The molecule has 17 heavy (non-hydrogen) atoms. The van der Waals surface area contributed by atoms with E-state index >= 15 is 0 Å². The highest BCUT2D eigenvalue weighted by atomic mass is 16.5. The van der Waals surface area contributed by atoms with Gasteiger partial charge in [0.1, 0.15) is 0 Å². The normalized spacial score (nSPS) is 19.1. The number of hydrogen-bond acceptors (Lipinski definition) is 2. The average Bonchev–Trinajstić information content (AvgIpc) is 2.42. The Morgan fingerprint density at radius 3 is 2.53 bits per heavy atom. The molecular formula is C15H23NO. The maximum Gasteiger partial charge on any atom is 0.0945 e. The first-order valence-corrected chi connectivity index (χ1v) is 6.71. The Morgan fingerprint density at radius 1 is 1.18 bits per heavy atom. The van der Waals surface area contributed by atoms with E-state index in [1.54, 1.807) is 7.11 Å². The van der Waals surface area contributed by atoms with Crippen molar-refractivity contribution in [3.8, 4) is 0 Å². The molecule has 0 radical (unpaired) electrons. The van der Waals surface area contributed by atoms with Crippen LogP contribution in [0.1, 0.15) is 43.8 Å². The largest absolute Gasteiger partial charge is 0.375 e. The zero-order valence-electron chi connectivity index (χ0n) is 10.7. The Labute approximate surface area is 104 Å². The van der Waals surface area contributed by atoms with Gasteiger partial charge in [-0.15, -0.1) is 0 Å². The van der Waals surface area contributed by atoms with Gasteiger partial charge >= 0.3 is 0 Å². The highest BCUT2D eigenvalue weighted by molar-refractivity contribution is 5.17. The maximum atomic E-state index is 5.56. The zero-order chi connectivity index (χ0) is 11.9. The van der Waals surface area contributed by atoms with Crippen molar-refractivity contribution in [1.29, 1.82) is 0 Å². The lowest BCUT2D eigenvalue weighted by molar-refractivity contribution is 0.0976. The Morgan fingerprint density at radius 2 is 1.88 bits per heavy atom. The molecule has 1 unspecified atom stereocenters. The molecule has 94 valence electrons. The van der Waals surface area contributed by atoms with Gasteiger partial charge in [-0.1, -0.05) is 49.6 Å². The summed E-state index contributed by atoms with van der Waals surface area (Å²) >= 11 is 0. The van der Waals surface area contributed by atoms with Crippen LogP contribution in [-0.4, -0.2) is 19.7 Å². The smallest absolute Gasteiger partial charge is 0.0945 e. The molecule has 1 fully saturated rings. The number of benzene rings is 1. The summed E-state index contributed by atoms with van der Waals surface area (Å²) in [6.07, 6.45) is 6.99. The van der Waals surface area contributed by atoms with Crippen LogP contribution in [0.25, 0.3) is 0 Å². The van der Waals surface area contributed by atoms with Crippen LogP contribution in [0.4, 0.5) is 0 Å². The summed E-state index contributed by atoms with van der Waals surface area (Å²) in [6.45, 7) is 0.922. The van der Waals surface area contributed by atoms with Gasteiger partial charge in [-0.05, 0) is 18.4 Å². The lowest BCUT2D eigenvalue weighted by Crippen LogP contribution is -2.34. The van der Waals surface area contributed by atoms with Crippen LogP contribution in [0.5, 0.6) is 0 Å². The van der Waals surface area contributed by atoms with Gasteiger partial charge in [-0.2, -0.15) is 0 Å². The molecule has 0 saturated heterocycles. The molecule has 1 aliphatic carbocycles. The Hall–Kier alpha value is -0.860. The molecule has 1 saturated carbocycles. The second kappa shape index (κ2) is 6.77. The quantitative estimate of drug-likeness (QED) is 0.842. The lowest BCUT2D eigenvalue weighted by Gasteiger charge is -2.25. The lowest BCUT2D eigenvalue weighted by atomic mass is 9.95. The first-order valence-electron chi connectivity index (χ1n) is 6.71. The minimum absolute atomic E-state index is 0.179. The van der Waals surface area contributed by atoms with E-state index in [-0.39, 0.29) is 6.10 Å². The number of nitrogens with one attached hydrogen (secondary N) is 1. The summed E-state index contributed by atoms with van der Waals surface area (Å²) in [5.41, 5.74) is 1.26. The molecule has 2 nitrogen and oxygen atoms in total. The van der Waals surface area contributed by atoms with Crippen molar-refractivity contribution >= 4 is 0 Å². The molecule has 0 aliphatic heterocycles. The van der Waals surface area contributed by atoms with Crippen LogP contribution >= 0.6 is 0 Å². The summed E-state index contributed by atoms with van der Waals surface area (Å²) in [5.74, 6) is 0. The van der Waals surface area contributed by atoms with E-state index in [1.807, 2.05) is 6.07 Å². The first-order chi connectivity index (χ1) is 8.40. The molecule has 2 heteroatoms. The fourth-order valence-electron chi connectivity index (χ4n) is 2.59. The van der Waals surface area contributed by atoms with Crippen molar-refractivity contribution in [2.45, 2.75) is 44.2 Å². The van der Waals surface area contributed by atoms with Gasteiger partial charge in [0.2, 0.25) is 0 Å². The molecule has 0 heterocycles. The third kappa shape index (κ3) is 3.83. The standard InChI is InChI=1S/C15H23NO/c1-17-15(13-8-4-2-5-9-13)12-16-14-10-6-3-7-11-14/h2,4-5,8-9,14-16H,3,6-7,10-12H2,1H3. The highest BCUT2D eigenvalue weighted by Crippen LogP contribution is 2.19. The fourth-order valence-corrected chi connectivity index (χ4v) is 2.59. The minimum atomic E-state index is 0.179. The molecule has 1 aromatic carbocycles. The summed E-state index contributed by atoms with van der Waals surface area (Å²) in [7, 11) is 1.79. The predicted octanol–water partition coefficient (Wildman–Crippen LogP) is 3.30. The summed E-state index contributed by atoms with van der Waals surface area (Å²) in [5, 5.41) is 3.65. The Kier molecular flexibility index (Phi) is 5.02. The van der Waals surface area contributed by atoms with Crippen molar-refractivity contribution in [2.24, 2.45) is 0 Å². The second-order valence-electron chi connectivity index (χ2n) is 4.88. The number of rotatable bonds is 5. The van der Waals surface area contributed by atoms with Gasteiger partial charge in [0.15, 0.2) is 0 Å². The molecule has 1 aromatic rings. The zero-order valence-corrected chi connectivity index (χ0v) is 10.7. The van der Waals surface area contributed by atoms with Gasteiger partial charge < -0.3 is 10.1 Å². The monoisotopic (exact) mass is 233 g/mol. The van der Waals surface area contributed by atoms with E-state index in [9.17, 15) is 0 Å². The van der Waals surface area contributed by atoms with Gasteiger partial charge in [0, 0.05) is 19.7 Å². The fraction of sp³-hybridized carbons (Fsp3) is 0.600. The van der Waals surface area contributed by atoms with Crippen molar-refractivity contribution in [3.63, 3.8) is 0 Å². The minimum Gasteiger partial charge on any atom is -0.375 e. The molecule has 1 aliphatic rings. The van der Waals surface area contributed by atoms with E-state index < -0.39 is 0 Å². The van der Waals surface area contributed by atoms with E-state index in [0.717, 1.165) is 6.54 Å². The molecular weight excluding hydrogens is 210 g/mol. The first kappa shape index (κ1) is 12.6. The molecule has 0 aromatic heterocycles. The van der Waals surface area contributed by atoms with Crippen LogP contribution in [-0.2, 0) is 4.74 Å². The van der Waals surface area contributed by atoms with Crippen molar-refractivity contribution in [2.75, 3.05) is 13.7 Å². The molecule has 0 amide bonds. The molecule has 1 atom stereocenters. The summed E-state index contributed by atoms with van der Waals surface area (Å²) in [6, 6.07) is 11.2. The number of methoxy groups -OCH3 is 1. The third-order valence-electron chi connectivity index (χ3n) is 3.65. The SMILES string of the molecule is COC(CNC1CCCCC1)c1ccccc1. The van der Waals surface area contributed by atoms with Crippen molar-refractivity contribution < 1.29 is 4.74 Å². The predicted molar refractivity (Wildman–Crippen MR) is 71.1 cm³/mol. The second-order valence-corrected chi connectivity index (χ2v) is 4.88. The Balaban J connectivity index is 1.83. The van der Waals surface area contributed by atoms with E-state index in [1.165, 1.54) is 37.7 Å². The van der Waals surface area contributed by atoms with Gasteiger partial charge in [-0.3, -0.25) is 0 Å². The van der Waals surface area contributed by atoms with E-state index in [2.05, 4.69) is 29.6 Å². The Bertz CT molecular complexity index is 306. The highest BCUT2D eigenvalue weighted by Gasteiger charge is 2.15. The van der Waals surface area contributed by atoms with Crippen LogP contribution < -0.4 is 5.32 Å². The van der Waals surface area contributed by atoms with E-state index in [4.69, 9.17) is 4.74 Å². The van der Waals surface area contributed by atoms with Crippen molar-refractivity contribution in [3.05, 3.63) is 35.9 Å². The average molecular weight is 233 g/mol. The van der Waals surface area contributed by atoms with Gasteiger partial charge in [-0.25, -0.2) is 0 Å². The molecule has 0 spiro atoms. The van der Waals surface area contributed by atoms with Crippen LogP contribution in [0.15, 0.2) is 30.3 Å². The maximum absolute atomic E-state index is 5.56.